The third-order valence-electron chi connectivity index (χ3n) is 5.33. The molecule has 0 N–H and O–H groups in total. The fourth-order valence-electron chi connectivity index (χ4n) is 4.32. The highest BCUT2D eigenvalue weighted by molar-refractivity contribution is 6.23. The zero-order valence-corrected chi connectivity index (χ0v) is 16.9. The van der Waals surface area contributed by atoms with Crippen molar-refractivity contribution in [1.82, 2.24) is 0 Å². The fraction of sp³-hybridized carbons (Fsp3) is 0.381. The number of anilines is 1. The average molecular weight is 429 g/mol. The molecular weight excluding hydrogens is 410 g/mol. The van der Waals surface area contributed by atoms with Gasteiger partial charge in [-0.3, -0.25) is 24.0 Å². The summed E-state index contributed by atoms with van der Waals surface area (Å²) in [5.74, 6) is -4.94. The summed E-state index contributed by atoms with van der Waals surface area (Å²) >= 11 is 0. The third kappa shape index (κ3) is 3.28. The summed E-state index contributed by atoms with van der Waals surface area (Å²) in [5, 5.41) is 0. The van der Waals surface area contributed by atoms with E-state index in [1.165, 1.54) is 31.2 Å². The number of hydrogen-bond acceptors (Lipinski definition) is 9. The van der Waals surface area contributed by atoms with E-state index in [1.54, 1.807) is 12.1 Å². The Bertz CT molecular complexity index is 1020. The molecule has 0 aromatic heterocycles. The summed E-state index contributed by atoms with van der Waals surface area (Å²) in [6, 6.07) is 5.99. The summed E-state index contributed by atoms with van der Waals surface area (Å²) in [7, 11) is 0. The Labute approximate surface area is 176 Å². The van der Waals surface area contributed by atoms with Crippen molar-refractivity contribution in [3.05, 3.63) is 36.4 Å². The molecule has 1 aromatic carbocycles. The van der Waals surface area contributed by atoms with Gasteiger partial charge in [-0.25, -0.2) is 4.90 Å². The van der Waals surface area contributed by atoms with Crippen molar-refractivity contribution < 1.29 is 42.9 Å². The summed E-state index contributed by atoms with van der Waals surface area (Å²) in [6.07, 6.45) is 0.796. The van der Waals surface area contributed by atoms with Crippen LogP contribution >= 0.6 is 0 Å². The topological polar surface area (TPSA) is 126 Å². The molecule has 31 heavy (non-hydrogen) atoms. The van der Waals surface area contributed by atoms with Crippen molar-refractivity contribution >= 4 is 35.4 Å². The number of amides is 2. The summed E-state index contributed by atoms with van der Waals surface area (Å²) in [5.41, 5.74) is -1.41. The number of imide groups is 1. The van der Waals surface area contributed by atoms with Crippen LogP contribution in [0.3, 0.4) is 0 Å². The predicted molar refractivity (Wildman–Crippen MR) is 101 cm³/mol. The maximum absolute atomic E-state index is 13.4. The van der Waals surface area contributed by atoms with Gasteiger partial charge in [-0.2, -0.15) is 0 Å². The molecule has 10 nitrogen and oxygen atoms in total. The van der Waals surface area contributed by atoms with Crippen LogP contribution < -0.4 is 9.64 Å². The number of ether oxygens (including phenoxy) is 4. The number of fused-ring (bicyclic) bond motifs is 5. The van der Waals surface area contributed by atoms with E-state index in [2.05, 4.69) is 0 Å². The Balaban J connectivity index is 1.71. The molecule has 0 unspecified atom stereocenters. The molecule has 0 radical (unpaired) electrons. The first kappa shape index (κ1) is 20.7. The maximum atomic E-state index is 13.4. The smallest absolute Gasteiger partial charge is 0.308 e. The molecule has 3 aliphatic rings. The minimum absolute atomic E-state index is 0.174. The average Bonchev–Trinajstić information content (AvgIpc) is 3.31. The summed E-state index contributed by atoms with van der Waals surface area (Å²) < 4.78 is 21.3. The molecule has 162 valence electrons. The lowest BCUT2D eigenvalue weighted by atomic mass is 9.76. The molecule has 0 aliphatic carbocycles. The second kappa shape index (κ2) is 7.31. The Kier molecular flexibility index (Phi) is 4.89. The van der Waals surface area contributed by atoms with Gasteiger partial charge >= 0.3 is 17.9 Å². The highest BCUT2D eigenvalue weighted by Gasteiger charge is 2.72. The van der Waals surface area contributed by atoms with Gasteiger partial charge in [-0.1, -0.05) is 12.1 Å². The minimum atomic E-state index is -1.62. The van der Waals surface area contributed by atoms with Crippen molar-refractivity contribution in [1.29, 1.82) is 0 Å². The van der Waals surface area contributed by atoms with Gasteiger partial charge in [0.25, 0.3) is 6.29 Å². The third-order valence-corrected chi connectivity index (χ3v) is 5.33. The Hall–Kier alpha value is -3.53. The van der Waals surface area contributed by atoms with E-state index in [4.69, 9.17) is 18.9 Å². The van der Waals surface area contributed by atoms with E-state index >= 15 is 0 Å². The van der Waals surface area contributed by atoms with Crippen LogP contribution in [0.1, 0.15) is 20.8 Å². The van der Waals surface area contributed by atoms with Crippen molar-refractivity contribution in [3.8, 4) is 5.75 Å². The number of carbonyl (C=O) groups is 5. The molecule has 2 amide bonds. The van der Waals surface area contributed by atoms with Crippen LogP contribution in [0.5, 0.6) is 5.75 Å². The van der Waals surface area contributed by atoms with Crippen LogP contribution in [0, 0.1) is 11.8 Å². The van der Waals surface area contributed by atoms with Crippen LogP contribution in [0.2, 0.25) is 0 Å². The van der Waals surface area contributed by atoms with Gasteiger partial charge in [0.2, 0.25) is 11.8 Å². The lowest BCUT2D eigenvalue weighted by Crippen LogP contribution is -2.52. The Morgan fingerprint density at radius 2 is 1.71 bits per heavy atom. The minimum Gasteiger partial charge on any atom is -0.427 e. The van der Waals surface area contributed by atoms with Gasteiger partial charge in [0, 0.05) is 26.8 Å². The van der Waals surface area contributed by atoms with E-state index < -0.39 is 59.6 Å². The van der Waals surface area contributed by atoms with Crippen molar-refractivity contribution in [2.75, 3.05) is 4.90 Å². The molecule has 2 fully saturated rings. The monoisotopic (exact) mass is 429 g/mol. The lowest BCUT2D eigenvalue weighted by molar-refractivity contribution is -0.226. The molecule has 2 bridgehead atoms. The van der Waals surface area contributed by atoms with Crippen LogP contribution in [0.25, 0.3) is 0 Å². The first-order valence-electron chi connectivity index (χ1n) is 9.52. The van der Waals surface area contributed by atoms with E-state index in [0.29, 0.717) is 0 Å². The van der Waals surface area contributed by atoms with Gasteiger partial charge in [-0.15, -0.1) is 0 Å². The van der Waals surface area contributed by atoms with Crippen LogP contribution in [0.4, 0.5) is 5.69 Å². The number of carbonyl (C=O) groups excluding carboxylic acids is 5. The molecule has 0 saturated carbocycles. The maximum Gasteiger partial charge on any atom is 0.308 e. The SMILES string of the molecule is CC(=O)Oc1cccc(N2C(=O)[C@@H]3[C@@H](C2=O)[C@]2(C(OC(C)=O)OC(C)=O)C=C[C@H]3O2)c1. The number of benzene rings is 1. The number of hydrogen-bond donors (Lipinski definition) is 0. The second-order valence-corrected chi connectivity index (χ2v) is 7.45. The van der Waals surface area contributed by atoms with Crippen molar-refractivity contribution in [2.45, 2.75) is 38.8 Å². The number of nitrogens with zero attached hydrogens (tertiary/aromatic N) is 1. The standard InChI is InChI=1S/C21H19NO9/c1-10(23)28-14-6-4-5-13(9-14)22-18(26)16-15-7-8-21(31-15,17(16)19(22)27)20(29-11(2)24)30-12(3)25/h4-9,15-17,20H,1-3H3/t15-,16+,17+,21+/m1/s1. The van der Waals surface area contributed by atoms with Gasteiger partial charge in [0.1, 0.15) is 5.75 Å². The van der Waals surface area contributed by atoms with Crippen LogP contribution in [-0.2, 0) is 38.2 Å². The van der Waals surface area contributed by atoms with Gasteiger partial charge in [-0.05, 0) is 18.2 Å². The number of esters is 3. The largest absolute Gasteiger partial charge is 0.427 e. The Morgan fingerprint density at radius 3 is 2.32 bits per heavy atom. The van der Waals surface area contributed by atoms with E-state index in [-0.39, 0.29) is 11.4 Å². The predicted octanol–water partition coefficient (Wildman–Crippen LogP) is 0.877. The van der Waals surface area contributed by atoms with Gasteiger partial charge in [0.05, 0.1) is 23.6 Å². The molecule has 3 aliphatic heterocycles. The quantitative estimate of drug-likeness (QED) is 0.220. The van der Waals surface area contributed by atoms with Crippen LogP contribution in [-0.4, -0.2) is 47.7 Å². The molecule has 1 aromatic rings. The lowest BCUT2D eigenvalue weighted by Gasteiger charge is -2.34. The fourth-order valence-corrected chi connectivity index (χ4v) is 4.32. The normalized spacial score (nSPS) is 28.1. The van der Waals surface area contributed by atoms with Gasteiger partial charge in [0.15, 0.2) is 5.60 Å². The molecule has 2 saturated heterocycles. The van der Waals surface area contributed by atoms with E-state index in [9.17, 15) is 24.0 Å². The number of rotatable bonds is 5. The van der Waals surface area contributed by atoms with Crippen LogP contribution in [0.15, 0.2) is 36.4 Å². The molecule has 4 atom stereocenters. The van der Waals surface area contributed by atoms with E-state index in [1.807, 2.05) is 0 Å². The molecule has 4 rings (SSSR count). The zero-order chi connectivity index (χ0) is 22.5. The Morgan fingerprint density at radius 1 is 1.03 bits per heavy atom. The highest BCUT2D eigenvalue weighted by Crippen LogP contribution is 2.54. The van der Waals surface area contributed by atoms with Crippen molar-refractivity contribution in [2.24, 2.45) is 11.8 Å². The second-order valence-electron chi connectivity index (χ2n) is 7.45. The van der Waals surface area contributed by atoms with Gasteiger partial charge < -0.3 is 18.9 Å². The first-order chi connectivity index (χ1) is 14.6. The van der Waals surface area contributed by atoms with Crippen molar-refractivity contribution in [3.63, 3.8) is 0 Å². The molecular formula is C21H19NO9. The molecule has 10 heteroatoms. The van der Waals surface area contributed by atoms with E-state index in [0.717, 1.165) is 18.7 Å². The summed E-state index contributed by atoms with van der Waals surface area (Å²) in [6.45, 7) is 3.49. The highest BCUT2D eigenvalue weighted by atomic mass is 16.7. The molecule has 0 spiro atoms. The zero-order valence-electron chi connectivity index (χ0n) is 16.9. The summed E-state index contributed by atoms with van der Waals surface area (Å²) in [4.78, 5) is 62.1. The first-order valence-corrected chi connectivity index (χ1v) is 9.52. The molecule has 3 heterocycles.